The number of nitro benzene ring substituents is 1. The van der Waals surface area contributed by atoms with Crippen LogP contribution >= 0.6 is 11.8 Å². The Morgan fingerprint density at radius 2 is 1.71 bits per heavy atom. The lowest BCUT2D eigenvalue weighted by Crippen LogP contribution is -2.48. The maximum absolute atomic E-state index is 12.5. The van der Waals surface area contributed by atoms with E-state index in [1.165, 1.54) is 23.4 Å². The summed E-state index contributed by atoms with van der Waals surface area (Å²) in [5, 5.41) is 12.0. The highest BCUT2D eigenvalue weighted by Gasteiger charge is 2.30. The number of anilines is 1. The predicted octanol–water partition coefficient (Wildman–Crippen LogP) is 4.96. The second kappa shape index (κ2) is 9.18. The third-order valence-corrected chi connectivity index (χ3v) is 6.86. The van der Waals surface area contributed by atoms with Crippen LogP contribution in [0.5, 0.6) is 0 Å². The van der Waals surface area contributed by atoms with E-state index in [1.807, 2.05) is 48.2 Å². The molecular weight excluding hydrogens is 452 g/mol. The van der Waals surface area contributed by atoms with E-state index in [9.17, 15) is 14.9 Å². The molecule has 2 aromatic carbocycles. The zero-order valence-electron chi connectivity index (χ0n) is 18.5. The second-order valence-electron chi connectivity index (χ2n) is 8.10. The monoisotopic (exact) mass is 474 g/mol. The van der Waals surface area contributed by atoms with Crippen molar-refractivity contribution in [2.75, 3.05) is 31.1 Å². The number of hydrogen-bond donors (Lipinski definition) is 0. The van der Waals surface area contributed by atoms with Crippen LogP contribution in [-0.4, -0.2) is 47.1 Å². The number of carbonyl (C=O) groups excluding carboxylic acids is 1. The zero-order chi connectivity index (χ0) is 23.7. The number of benzene rings is 2. The Labute approximate surface area is 200 Å². The molecule has 9 heteroatoms. The number of hydrogen-bond acceptors (Lipinski definition) is 7. The number of amidine groups is 1. The van der Waals surface area contributed by atoms with Gasteiger partial charge in [-0.1, -0.05) is 42.0 Å². The van der Waals surface area contributed by atoms with Crippen molar-refractivity contribution in [1.82, 2.24) is 4.90 Å². The Bertz CT molecular complexity index is 1300. The van der Waals surface area contributed by atoms with Gasteiger partial charge in [0.05, 0.1) is 9.83 Å². The van der Waals surface area contributed by atoms with Crippen LogP contribution in [0, 0.1) is 17.0 Å². The maximum atomic E-state index is 12.5. The Morgan fingerprint density at radius 1 is 1.00 bits per heavy atom. The van der Waals surface area contributed by atoms with Gasteiger partial charge in [0.15, 0.2) is 5.17 Å². The Morgan fingerprint density at radius 3 is 2.44 bits per heavy atom. The number of nitrogens with zero attached hydrogens (tertiary/aromatic N) is 4. The van der Waals surface area contributed by atoms with Gasteiger partial charge in [-0.25, -0.2) is 0 Å². The highest BCUT2D eigenvalue weighted by atomic mass is 32.2. The third-order valence-electron chi connectivity index (χ3n) is 5.81. The number of furan rings is 1. The molecule has 0 atom stereocenters. The van der Waals surface area contributed by atoms with Crippen molar-refractivity contribution in [3.8, 4) is 11.3 Å². The van der Waals surface area contributed by atoms with E-state index in [0.29, 0.717) is 47.7 Å². The van der Waals surface area contributed by atoms with Crippen LogP contribution in [0.15, 0.2) is 75.0 Å². The standard InChI is InChI=1S/C25H22N4O4S/c1-17-6-8-18(9-7-17)22-11-10-19(33-22)16-23-24(30)26-25(34-23)28-14-12-27(13-15-28)20-4-2-3-5-21(20)29(31)32/h2-11,16H,12-15H2,1H3/b23-16-. The summed E-state index contributed by atoms with van der Waals surface area (Å²) in [6.45, 7) is 4.49. The first-order chi connectivity index (χ1) is 16.5. The molecule has 0 aliphatic carbocycles. The number of amides is 1. The van der Waals surface area contributed by atoms with E-state index in [-0.39, 0.29) is 16.5 Å². The fourth-order valence-electron chi connectivity index (χ4n) is 3.99. The molecule has 5 rings (SSSR count). The van der Waals surface area contributed by atoms with Crippen molar-refractivity contribution in [2.45, 2.75) is 6.92 Å². The molecular formula is C25H22N4O4S. The number of aryl methyl sites for hydroxylation is 1. The number of aliphatic imine (C=N–C) groups is 1. The summed E-state index contributed by atoms with van der Waals surface area (Å²) in [6, 6.07) is 18.6. The molecule has 3 heterocycles. The van der Waals surface area contributed by atoms with Crippen LogP contribution in [-0.2, 0) is 4.79 Å². The fourth-order valence-corrected chi connectivity index (χ4v) is 4.94. The predicted molar refractivity (Wildman–Crippen MR) is 134 cm³/mol. The van der Waals surface area contributed by atoms with Crippen LogP contribution in [0.2, 0.25) is 0 Å². The van der Waals surface area contributed by atoms with E-state index in [4.69, 9.17) is 4.42 Å². The molecule has 0 N–H and O–H groups in total. The molecule has 8 nitrogen and oxygen atoms in total. The van der Waals surface area contributed by atoms with Gasteiger partial charge in [-0.3, -0.25) is 14.9 Å². The minimum Gasteiger partial charge on any atom is -0.457 e. The summed E-state index contributed by atoms with van der Waals surface area (Å²) in [5.74, 6) is 1.06. The van der Waals surface area contributed by atoms with E-state index in [2.05, 4.69) is 9.89 Å². The Kier molecular flexibility index (Phi) is 5.93. The maximum Gasteiger partial charge on any atom is 0.292 e. The van der Waals surface area contributed by atoms with Gasteiger partial charge < -0.3 is 14.2 Å². The molecule has 0 radical (unpaired) electrons. The van der Waals surface area contributed by atoms with Crippen LogP contribution < -0.4 is 4.90 Å². The summed E-state index contributed by atoms with van der Waals surface area (Å²) in [5.41, 5.74) is 2.88. The molecule has 2 aliphatic rings. The average Bonchev–Trinajstić information content (AvgIpc) is 3.47. The van der Waals surface area contributed by atoms with Gasteiger partial charge in [-0.2, -0.15) is 4.99 Å². The van der Waals surface area contributed by atoms with Crippen molar-refractivity contribution >= 4 is 40.3 Å². The number of rotatable bonds is 4. The van der Waals surface area contributed by atoms with Gasteiger partial charge >= 0.3 is 0 Å². The Balaban J connectivity index is 1.24. The number of carbonyl (C=O) groups is 1. The average molecular weight is 475 g/mol. The van der Waals surface area contributed by atoms with E-state index in [1.54, 1.807) is 24.3 Å². The molecule has 0 spiro atoms. The van der Waals surface area contributed by atoms with Gasteiger partial charge in [0.25, 0.3) is 11.6 Å². The highest BCUT2D eigenvalue weighted by molar-refractivity contribution is 8.18. The van der Waals surface area contributed by atoms with Crippen molar-refractivity contribution in [3.05, 3.63) is 87.0 Å². The first-order valence-corrected chi connectivity index (χ1v) is 11.7. The van der Waals surface area contributed by atoms with Gasteiger partial charge in [0.2, 0.25) is 0 Å². The highest BCUT2D eigenvalue weighted by Crippen LogP contribution is 2.33. The Hall–Kier alpha value is -3.85. The molecule has 172 valence electrons. The normalized spacial score (nSPS) is 17.4. The molecule has 0 bridgehead atoms. The van der Waals surface area contributed by atoms with Gasteiger partial charge in [-0.15, -0.1) is 0 Å². The molecule has 0 saturated carbocycles. The van der Waals surface area contributed by atoms with Crippen molar-refractivity contribution in [1.29, 1.82) is 0 Å². The summed E-state index contributed by atoms with van der Waals surface area (Å²) >= 11 is 1.33. The quantitative estimate of drug-likeness (QED) is 0.300. The van der Waals surface area contributed by atoms with Crippen molar-refractivity contribution < 1.29 is 14.1 Å². The molecule has 2 aliphatic heterocycles. The van der Waals surface area contributed by atoms with E-state index >= 15 is 0 Å². The molecule has 3 aromatic rings. The molecule has 1 amide bonds. The lowest BCUT2D eigenvalue weighted by atomic mass is 10.1. The van der Waals surface area contributed by atoms with Gasteiger partial charge in [-0.05, 0) is 36.9 Å². The van der Waals surface area contributed by atoms with Gasteiger partial charge in [0.1, 0.15) is 17.2 Å². The molecule has 34 heavy (non-hydrogen) atoms. The molecule has 1 saturated heterocycles. The first-order valence-electron chi connectivity index (χ1n) is 10.9. The molecule has 1 aromatic heterocycles. The van der Waals surface area contributed by atoms with Crippen LogP contribution in [0.3, 0.4) is 0 Å². The zero-order valence-corrected chi connectivity index (χ0v) is 19.3. The number of piperazine rings is 1. The van der Waals surface area contributed by atoms with Gasteiger partial charge in [0, 0.05) is 43.9 Å². The summed E-state index contributed by atoms with van der Waals surface area (Å²) in [7, 11) is 0. The van der Waals surface area contributed by atoms with E-state index < -0.39 is 0 Å². The molecule has 1 fully saturated rings. The van der Waals surface area contributed by atoms with Crippen LogP contribution in [0.4, 0.5) is 11.4 Å². The summed E-state index contributed by atoms with van der Waals surface area (Å²) < 4.78 is 5.93. The largest absolute Gasteiger partial charge is 0.457 e. The minimum atomic E-state index is -0.354. The van der Waals surface area contributed by atoms with Crippen LogP contribution in [0.1, 0.15) is 11.3 Å². The number of para-hydroxylation sites is 2. The van der Waals surface area contributed by atoms with Crippen molar-refractivity contribution in [2.24, 2.45) is 4.99 Å². The number of nitro groups is 1. The van der Waals surface area contributed by atoms with E-state index in [0.717, 1.165) is 11.3 Å². The smallest absolute Gasteiger partial charge is 0.292 e. The third kappa shape index (κ3) is 4.47. The minimum absolute atomic E-state index is 0.104. The van der Waals surface area contributed by atoms with Crippen LogP contribution in [0.25, 0.3) is 17.4 Å². The topological polar surface area (TPSA) is 92.2 Å². The summed E-state index contributed by atoms with van der Waals surface area (Å²) in [4.78, 5) is 32.3. The first kappa shape index (κ1) is 22.0. The SMILES string of the molecule is Cc1ccc(-c2ccc(/C=C3\SC(N4CCN(c5ccccc5[N+](=O)[O-])CC4)=NC3=O)o2)cc1. The lowest BCUT2D eigenvalue weighted by Gasteiger charge is -2.36. The fraction of sp³-hybridized carbons (Fsp3) is 0.200. The second-order valence-corrected chi connectivity index (χ2v) is 9.11. The molecule has 0 unspecified atom stereocenters. The number of thioether (sulfide) groups is 1. The van der Waals surface area contributed by atoms with Crippen molar-refractivity contribution in [3.63, 3.8) is 0 Å². The lowest BCUT2D eigenvalue weighted by molar-refractivity contribution is -0.384. The summed E-state index contributed by atoms with van der Waals surface area (Å²) in [6.07, 6.45) is 1.73.